The minimum atomic E-state index is -4.37. The summed E-state index contributed by atoms with van der Waals surface area (Å²) in [6.07, 6.45) is -1.22. The molecule has 104 valence electrons. The molecule has 0 aliphatic rings. The summed E-state index contributed by atoms with van der Waals surface area (Å²) in [6, 6.07) is 2.19. The standard InChI is InChI=1S/C12H15F3N4/c1-2-3-9(16)6-11-18-17-10-5-4-8(7-19(10)11)12(13,14)15/h4-5,7,9H,2-3,6,16H2,1H3. The Labute approximate surface area is 108 Å². The van der Waals surface area contributed by atoms with Crippen molar-refractivity contribution in [1.29, 1.82) is 0 Å². The highest BCUT2D eigenvalue weighted by molar-refractivity contribution is 5.40. The molecule has 0 saturated heterocycles. The van der Waals surface area contributed by atoms with E-state index in [0.717, 1.165) is 25.1 Å². The van der Waals surface area contributed by atoms with E-state index < -0.39 is 11.7 Å². The lowest BCUT2D eigenvalue weighted by atomic mass is 10.1. The molecule has 0 aliphatic heterocycles. The molecule has 0 radical (unpaired) electrons. The molecule has 2 aromatic rings. The Morgan fingerprint density at radius 1 is 1.32 bits per heavy atom. The van der Waals surface area contributed by atoms with Gasteiger partial charge in [0.15, 0.2) is 5.65 Å². The summed E-state index contributed by atoms with van der Waals surface area (Å²) >= 11 is 0. The van der Waals surface area contributed by atoms with Crippen molar-refractivity contribution in [2.24, 2.45) is 5.73 Å². The highest BCUT2D eigenvalue weighted by atomic mass is 19.4. The van der Waals surface area contributed by atoms with Crippen LogP contribution in [0, 0.1) is 0 Å². The predicted molar refractivity (Wildman–Crippen MR) is 64.6 cm³/mol. The number of aromatic nitrogens is 3. The van der Waals surface area contributed by atoms with E-state index in [0.29, 0.717) is 17.9 Å². The summed E-state index contributed by atoms with van der Waals surface area (Å²) < 4.78 is 39.3. The first-order valence-electron chi connectivity index (χ1n) is 6.08. The highest BCUT2D eigenvalue weighted by Gasteiger charge is 2.31. The van der Waals surface area contributed by atoms with Crippen molar-refractivity contribution < 1.29 is 13.2 Å². The Morgan fingerprint density at radius 2 is 2.05 bits per heavy atom. The van der Waals surface area contributed by atoms with Crippen molar-refractivity contribution in [1.82, 2.24) is 14.6 Å². The monoisotopic (exact) mass is 272 g/mol. The lowest BCUT2D eigenvalue weighted by molar-refractivity contribution is -0.137. The molecule has 0 bridgehead atoms. The first kappa shape index (κ1) is 13.8. The summed E-state index contributed by atoms with van der Waals surface area (Å²) in [5, 5.41) is 7.75. The third-order valence-electron chi connectivity index (χ3n) is 2.90. The number of alkyl halides is 3. The lowest BCUT2D eigenvalue weighted by Crippen LogP contribution is -2.23. The van der Waals surface area contributed by atoms with Crippen LogP contribution in [-0.2, 0) is 12.6 Å². The van der Waals surface area contributed by atoms with Gasteiger partial charge in [-0.25, -0.2) is 0 Å². The zero-order valence-corrected chi connectivity index (χ0v) is 10.5. The van der Waals surface area contributed by atoms with Gasteiger partial charge in [-0.05, 0) is 18.6 Å². The number of halogens is 3. The quantitative estimate of drug-likeness (QED) is 0.930. The van der Waals surface area contributed by atoms with Crippen LogP contribution < -0.4 is 5.73 Å². The fourth-order valence-electron chi connectivity index (χ4n) is 1.95. The molecule has 4 nitrogen and oxygen atoms in total. The number of pyridine rings is 1. The number of hydrogen-bond donors (Lipinski definition) is 1. The number of nitrogens with zero attached hydrogens (tertiary/aromatic N) is 3. The van der Waals surface area contributed by atoms with Crippen molar-refractivity contribution in [3.05, 3.63) is 29.7 Å². The fraction of sp³-hybridized carbons (Fsp3) is 0.500. The van der Waals surface area contributed by atoms with E-state index in [2.05, 4.69) is 10.2 Å². The van der Waals surface area contributed by atoms with Crippen molar-refractivity contribution in [3.8, 4) is 0 Å². The van der Waals surface area contributed by atoms with E-state index in [4.69, 9.17) is 5.73 Å². The molecule has 19 heavy (non-hydrogen) atoms. The Kier molecular flexibility index (Phi) is 3.75. The van der Waals surface area contributed by atoms with Gasteiger partial charge in [-0.2, -0.15) is 13.2 Å². The van der Waals surface area contributed by atoms with Gasteiger partial charge in [-0.15, -0.1) is 10.2 Å². The molecule has 0 fully saturated rings. The van der Waals surface area contributed by atoms with Gasteiger partial charge in [-0.1, -0.05) is 13.3 Å². The van der Waals surface area contributed by atoms with E-state index in [1.54, 1.807) is 0 Å². The first-order chi connectivity index (χ1) is 8.91. The highest BCUT2D eigenvalue weighted by Crippen LogP contribution is 2.29. The summed E-state index contributed by atoms with van der Waals surface area (Å²) in [5.41, 5.74) is 5.56. The minimum Gasteiger partial charge on any atom is -0.327 e. The van der Waals surface area contributed by atoms with Gasteiger partial charge in [0.05, 0.1) is 5.56 Å². The van der Waals surface area contributed by atoms with Crippen molar-refractivity contribution in [2.45, 2.75) is 38.4 Å². The molecule has 0 amide bonds. The number of fused-ring (bicyclic) bond motifs is 1. The molecule has 0 aromatic carbocycles. The molecule has 1 unspecified atom stereocenters. The summed E-state index contributed by atoms with van der Waals surface area (Å²) in [5.74, 6) is 0.460. The second-order valence-electron chi connectivity index (χ2n) is 4.51. The van der Waals surface area contributed by atoms with Crippen LogP contribution >= 0.6 is 0 Å². The molecular weight excluding hydrogens is 257 g/mol. The largest absolute Gasteiger partial charge is 0.417 e. The molecule has 0 spiro atoms. The lowest BCUT2D eigenvalue weighted by Gasteiger charge is -2.10. The van der Waals surface area contributed by atoms with Gasteiger partial charge in [0.1, 0.15) is 5.82 Å². The van der Waals surface area contributed by atoms with Gasteiger partial charge in [0.25, 0.3) is 0 Å². The predicted octanol–water partition coefficient (Wildman–Crippen LogP) is 2.42. The van der Waals surface area contributed by atoms with Crippen LogP contribution in [0.25, 0.3) is 5.65 Å². The van der Waals surface area contributed by atoms with E-state index in [-0.39, 0.29) is 6.04 Å². The van der Waals surface area contributed by atoms with Crippen molar-refractivity contribution in [3.63, 3.8) is 0 Å². The van der Waals surface area contributed by atoms with E-state index in [9.17, 15) is 13.2 Å². The minimum absolute atomic E-state index is 0.119. The zero-order chi connectivity index (χ0) is 14.0. The smallest absolute Gasteiger partial charge is 0.327 e. The van der Waals surface area contributed by atoms with Gasteiger partial charge in [0.2, 0.25) is 0 Å². The summed E-state index contributed by atoms with van der Waals surface area (Å²) in [4.78, 5) is 0. The Bertz CT molecular complexity index is 562. The van der Waals surface area contributed by atoms with Crippen LogP contribution in [0.5, 0.6) is 0 Å². The Morgan fingerprint density at radius 3 is 2.68 bits per heavy atom. The summed E-state index contributed by atoms with van der Waals surface area (Å²) in [7, 11) is 0. The van der Waals surface area contributed by atoms with E-state index in [1.165, 1.54) is 10.5 Å². The number of hydrogen-bond acceptors (Lipinski definition) is 3. The first-order valence-corrected chi connectivity index (χ1v) is 6.08. The second-order valence-corrected chi connectivity index (χ2v) is 4.51. The zero-order valence-electron chi connectivity index (χ0n) is 10.5. The number of nitrogens with two attached hydrogens (primary N) is 1. The maximum absolute atomic E-state index is 12.7. The fourth-order valence-corrected chi connectivity index (χ4v) is 1.95. The molecule has 2 rings (SSSR count). The van der Waals surface area contributed by atoms with Gasteiger partial charge in [0, 0.05) is 18.7 Å². The second kappa shape index (κ2) is 5.16. The van der Waals surface area contributed by atoms with Crippen LogP contribution in [0.1, 0.15) is 31.2 Å². The maximum atomic E-state index is 12.7. The molecule has 2 aromatic heterocycles. The van der Waals surface area contributed by atoms with Crippen LogP contribution in [0.4, 0.5) is 13.2 Å². The average Bonchev–Trinajstić information content (AvgIpc) is 2.71. The molecular formula is C12H15F3N4. The van der Waals surface area contributed by atoms with Gasteiger partial charge < -0.3 is 5.73 Å². The van der Waals surface area contributed by atoms with E-state index >= 15 is 0 Å². The third-order valence-corrected chi connectivity index (χ3v) is 2.90. The third kappa shape index (κ3) is 3.04. The summed E-state index contributed by atoms with van der Waals surface area (Å²) in [6.45, 7) is 2.00. The molecule has 2 N–H and O–H groups in total. The van der Waals surface area contributed by atoms with E-state index in [1.807, 2.05) is 6.92 Å². The van der Waals surface area contributed by atoms with Crippen molar-refractivity contribution >= 4 is 5.65 Å². The van der Waals surface area contributed by atoms with Crippen molar-refractivity contribution in [2.75, 3.05) is 0 Å². The van der Waals surface area contributed by atoms with Gasteiger partial charge in [-0.3, -0.25) is 4.40 Å². The van der Waals surface area contributed by atoms with Gasteiger partial charge >= 0.3 is 6.18 Å². The van der Waals surface area contributed by atoms with Crippen LogP contribution in [-0.4, -0.2) is 20.6 Å². The van der Waals surface area contributed by atoms with Crippen LogP contribution in [0.3, 0.4) is 0 Å². The number of rotatable bonds is 4. The normalized spacial score (nSPS) is 13.9. The molecule has 2 heterocycles. The molecule has 1 atom stereocenters. The molecule has 7 heteroatoms. The topological polar surface area (TPSA) is 56.2 Å². The molecule has 0 saturated carbocycles. The average molecular weight is 272 g/mol. The van der Waals surface area contributed by atoms with Crippen LogP contribution in [0.15, 0.2) is 18.3 Å². The van der Waals surface area contributed by atoms with Crippen LogP contribution in [0.2, 0.25) is 0 Å². The Balaban J connectivity index is 2.35. The Hall–Kier alpha value is -1.63. The SMILES string of the molecule is CCCC(N)Cc1nnc2ccc(C(F)(F)F)cn12. The maximum Gasteiger partial charge on any atom is 0.417 e. The molecule has 0 aliphatic carbocycles.